The van der Waals surface area contributed by atoms with Gasteiger partial charge in [0.05, 0.1) is 11.1 Å². The summed E-state index contributed by atoms with van der Waals surface area (Å²) in [6.07, 6.45) is 2.65. The number of carbonyl (C=O) groups is 2. The van der Waals surface area contributed by atoms with Gasteiger partial charge in [-0.1, -0.05) is 29.6 Å². The second kappa shape index (κ2) is 4.39. The van der Waals surface area contributed by atoms with E-state index >= 15 is 0 Å². The fraction of sp³-hybridized carbons (Fsp3) is 0.385. The van der Waals surface area contributed by atoms with Crippen LogP contribution < -0.4 is 10.2 Å². The fourth-order valence-electron chi connectivity index (χ4n) is 2.63. The van der Waals surface area contributed by atoms with Crippen molar-refractivity contribution in [2.24, 2.45) is 5.41 Å². The third kappa shape index (κ3) is 1.99. The number of amides is 3. The molecule has 0 aromatic heterocycles. The molecule has 1 N–H and O–H groups in total. The van der Waals surface area contributed by atoms with Crippen LogP contribution in [-0.4, -0.2) is 18.5 Å². The van der Waals surface area contributed by atoms with Gasteiger partial charge in [0.15, 0.2) is 0 Å². The molecule has 2 fully saturated rings. The number of urea groups is 1. The van der Waals surface area contributed by atoms with Crippen molar-refractivity contribution >= 4 is 40.8 Å². The zero-order valence-corrected chi connectivity index (χ0v) is 11.6. The first kappa shape index (κ1) is 12.8. The van der Waals surface area contributed by atoms with E-state index in [1.54, 1.807) is 18.2 Å². The van der Waals surface area contributed by atoms with E-state index in [0.29, 0.717) is 22.3 Å². The lowest BCUT2D eigenvalue weighted by Gasteiger charge is -2.46. The third-order valence-corrected chi connectivity index (χ3v) is 4.29. The SMILES string of the molecule is O=C1NCC2(CCC2)C(=O)N1c1cc(Cl)cc(Cl)c1. The molecule has 0 bridgehead atoms. The minimum absolute atomic E-state index is 0.152. The Bertz CT molecular complexity index is 550. The third-order valence-electron chi connectivity index (χ3n) is 3.85. The maximum atomic E-state index is 12.5. The van der Waals surface area contributed by atoms with Gasteiger partial charge in [-0.15, -0.1) is 0 Å². The topological polar surface area (TPSA) is 49.4 Å². The van der Waals surface area contributed by atoms with Crippen molar-refractivity contribution in [1.82, 2.24) is 5.32 Å². The summed E-state index contributed by atoms with van der Waals surface area (Å²) in [5.41, 5.74) is -0.00567. The van der Waals surface area contributed by atoms with Gasteiger partial charge in [-0.05, 0) is 31.0 Å². The molecule has 4 nitrogen and oxygen atoms in total. The normalized spacial score (nSPS) is 21.3. The minimum atomic E-state index is -0.428. The molecule has 3 rings (SSSR count). The first-order valence-corrected chi connectivity index (χ1v) is 6.86. The molecule has 1 spiro atoms. The van der Waals surface area contributed by atoms with Crippen LogP contribution in [0.1, 0.15) is 19.3 Å². The van der Waals surface area contributed by atoms with Gasteiger partial charge in [0.1, 0.15) is 0 Å². The minimum Gasteiger partial charge on any atom is -0.336 e. The van der Waals surface area contributed by atoms with E-state index in [1.165, 1.54) is 0 Å². The summed E-state index contributed by atoms with van der Waals surface area (Å²) >= 11 is 11.9. The standard InChI is InChI=1S/C13H12Cl2N2O2/c14-8-4-9(15)6-10(5-8)17-11(18)13(2-1-3-13)7-16-12(17)19/h4-6H,1-3,7H2,(H,16,19). The second-order valence-electron chi connectivity index (χ2n) is 5.06. The smallest absolute Gasteiger partial charge is 0.328 e. The van der Waals surface area contributed by atoms with E-state index in [0.717, 1.165) is 24.2 Å². The van der Waals surface area contributed by atoms with Crippen LogP contribution in [0.2, 0.25) is 10.0 Å². The number of hydrogen-bond acceptors (Lipinski definition) is 2. The maximum absolute atomic E-state index is 12.5. The number of anilines is 1. The molecule has 3 amide bonds. The average Bonchev–Trinajstić information content (AvgIpc) is 2.25. The van der Waals surface area contributed by atoms with Gasteiger partial charge in [0.2, 0.25) is 5.91 Å². The zero-order valence-electron chi connectivity index (χ0n) is 10.1. The van der Waals surface area contributed by atoms with Crippen LogP contribution in [0.4, 0.5) is 10.5 Å². The largest absolute Gasteiger partial charge is 0.336 e. The molecule has 1 aromatic rings. The van der Waals surface area contributed by atoms with Gasteiger partial charge >= 0.3 is 6.03 Å². The van der Waals surface area contributed by atoms with Gasteiger partial charge in [-0.25, -0.2) is 9.69 Å². The Balaban J connectivity index is 2.01. The van der Waals surface area contributed by atoms with Crippen molar-refractivity contribution < 1.29 is 9.59 Å². The summed E-state index contributed by atoms with van der Waals surface area (Å²) in [5, 5.41) is 3.57. The first-order valence-electron chi connectivity index (χ1n) is 6.10. The molecule has 1 saturated heterocycles. The Kier molecular flexibility index (Phi) is 2.95. The van der Waals surface area contributed by atoms with Gasteiger partial charge in [-0.2, -0.15) is 0 Å². The Labute approximate surface area is 120 Å². The predicted octanol–water partition coefficient (Wildman–Crippen LogP) is 3.22. The molecule has 100 valence electrons. The molecule has 1 aliphatic heterocycles. The van der Waals surface area contributed by atoms with Gasteiger partial charge in [0.25, 0.3) is 0 Å². The fourth-order valence-corrected chi connectivity index (χ4v) is 3.14. The van der Waals surface area contributed by atoms with E-state index in [2.05, 4.69) is 5.32 Å². The molecule has 1 saturated carbocycles. The van der Waals surface area contributed by atoms with E-state index < -0.39 is 11.4 Å². The second-order valence-corrected chi connectivity index (χ2v) is 5.93. The Morgan fingerprint density at radius 3 is 2.26 bits per heavy atom. The molecular weight excluding hydrogens is 287 g/mol. The summed E-state index contributed by atoms with van der Waals surface area (Å²) in [6, 6.07) is 4.30. The summed E-state index contributed by atoms with van der Waals surface area (Å²) in [7, 11) is 0. The number of hydrogen-bond donors (Lipinski definition) is 1. The highest BCUT2D eigenvalue weighted by atomic mass is 35.5. The molecule has 0 radical (unpaired) electrons. The van der Waals surface area contributed by atoms with Crippen molar-refractivity contribution in [2.45, 2.75) is 19.3 Å². The quantitative estimate of drug-likeness (QED) is 0.865. The molecule has 19 heavy (non-hydrogen) atoms. The number of rotatable bonds is 1. The van der Waals surface area contributed by atoms with Crippen LogP contribution >= 0.6 is 23.2 Å². The average molecular weight is 299 g/mol. The number of imide groups is 1. The van der Waals surface area contributed by atoms with Crippen LogP contribution in [-0.2, 0) is 4.79 Å². The monoisotopic (exact) mass is 298 g/mol. The van der Waals surface area contributed by atoms with E-state index in [9.17, 15) is 9.59 Å². The Morgan fingerprint density at radius 2 is 1.74 bits per heavy atom. The predicted molar refractivity (Wildman–Crippen MR) is 73.6 cm³/mol. The number of halogens is 2. The van der Waals surface area contributed by atoms with E-state index in [-0.39, 0.29) is 5.91 Å². The van der Waals surface area contributed by atoms with Crippen LogP contribution in [0.3, 0.4) is 0 Å². The van der Waals surface area contributed by atoms with Gasteiger partial charge < -0.3 is 5.32 Å². The van der Waals surface area contributed by atoms with Crippen LogP contribution in [0.15, 0.2) is 18.2 Å². The lowest BCUT2D eigenvalue weighted by Crippen LogP contribution is -2.63. The van der Waals surface area contributed by atoms with Crippen molar-refractivity contribution in [2.75, 3.05) is 11.4 Å². The summed E-state index contributed by atoms with van der Waals surface area (Å²) < 4.78 is 0. The van der Waals surface area contributed by atoms with Gasteiger partial charge in [-0.3, -0.25) is 4.79 Å². The molecule has 1 aromatic carbocycles. The summed E-state index contributed by atoms with van der Waals surface area (Å²) in [5.74, 6) is -0.152. The highest BCUT2D eigenvalue weighted by Crippen LogP contribution is 2.44. The number of nitrogens with zero attached hydrogens (tertiary/aromatic N) is 1. The lowest BCUT2D eigenvalue weighted by atomic mass is 9.67. The molecule has 0 unspecified atom stereocenters. The highest BCUT2D eigenvalue weighted by Gasteiger charge is 2.51. The van der Waals surface area contributed by atoms with Crippen molar-refractivity contribution in [3.63, 3.8) is 0 Å². The van der Waals surface area contributed by atoms with E-state index in [1.807, 2.05) is 0 Å². The Morgan fingerprint density at radius 1 is 1.11 bits per heavy atom. The number of nitrogens with one attached hydrogen (secondary N) is 1. The first-order chi connectivity index (χ1) is 9.02. The molecule has 6 heteroatoms. The van der Waals surface area contributed by atoms with Crippen molar-refractivity contribution in [1.29, 1.82) is 0 Å². The Hall–Kier alpha value is -1.26. The molecule has 2 aliphatic rings. The molecule has 0 atom stereocenters. The van der Waals surface area contributed by atoms with E-state index in [4.69, 9.17) is 23.2 Å². The van der Waals surface area contributed by atoms with Crippen molar-refractivity contribution in [3.05, 3.63) is 28.2 Å². The van der Waals surface area contributed by atoms with Crippen molar-refractivity contribution in [3.8, 4) is 0 Å². The molecule has 1 heterocycles. The number of benzene rings is 1. The van der Waals surface area contributed by atoms with Crippen LogP contribution in [0.5, 0.6) is 0 Å². The van der Waals surface area contributed by atoms with Crippen LogP contribution in [0.25, 0.3) is 0 Å². The number of carbonyl (C=O) groups excluding carboxylic acids is 2. The van der Waals surface area contributed by atoms with Gasteiger partial charge in [0, 0.05) is 16.6 Å². The zero-order chi connectivity index (χ0) is 13.6. The summed E-state index contributed by atoms with van der Waals surface area (Å²) in [6.45, 7) is 0.426. The highest BCUT2D eigenvalue weighted by molar-refractivity contribution is 6.35. The maximum Gasteiger partial charge on any atom is 0.328 e. The molecule has 1 aliphatic carbocycles. The molecular formula is C13H12Cl2N2O2. The van der Waals surface area contributed by atoms with Crippen LogP contribution in [0, 0.1) is 5.41 Å². The summed E-state index contributed by atoms with van der Waals surface area (Å²) in [4.78, 5) is 25.7. The lowest BCUT2D eigenvalue weighted by molar-refractivity contribution is -0.132.